The third kappa shape index (κ3) is 2.26. The monoisotopic (exact) mass is 325 g/mol. The predicted molar refractivity (Wildman–Crippen MR) is 90.5 cm³/mol. The van der Waals surface area contributed by atoms with Crippen LogP contribution in [0.25, 0.3) is 4.96 Å². The van der Waals surface area contributed by atoms with Crippen molar-refractivity contribution in [3.05, 3.63) is 63.0 Å². The van der Waals surface area contributed by atoms with Crippen LogP contribution >= 0.6 is 11.3 Å². The summed E-state index contributed by atoms with van der Waals surface area (Å²) in [4.78, 5) is 32.0. The first-order valence-corrected chi connectivity index (χ1v) is 8.39. The first-order chi connectivity index (χ1) is 11.1. The van der Waals surface area contributed by atoms with Gasteiger partial charge in [-0.3, -0.25) is 14.0 Å². The largest absolute Gasteiger partial charge is 0.308 e. The molecule has 4 rings (SSSR count). The Morgan fingerprint density at radius 1 is 1.35 bits per heavy atom. The molecule has 5 nitrogen and oxygen atoms in total. The molecule has 0 atom stereocenters. The first kappa shape index (κ1) is 14.1. The standard InChI is InChI=1S/C17H15N3O2S/c1-11-4-5-14-12(9-11)3-2-6-19(14)15(21)13-10-18-17-20(16(13)22)7-8-23-17/h4-5,7-10H,2-3,6H2,1H3. The summed E-state index contributed by atoms with van der Waals surface area (Å²) in [7, 11) is 0. The molecule has 0 radical (unpaired) electrons. The van der Waals surface area contributed by atoms with Crippen LogP contribution in [0.15, 0.2) is 40.8 Å². The molecule has 0 saturated heterocycles. The number of benzene rings is 1. The van der Waals surface area contributed by atoms with Gasteiger partial charge in [0.05, 0.1) is 0 Å². The van der Waals surface area contributed by atoms with Crippen molar-refractivity contribution in [1.29, 1.82) is 0 Å². The Labute approximate surface area is 136 Å². The van der Waals surface area contributed by atoms with E-state index in [4.69, 9.17) is 0 Å². The van der Waals surface area contributed by atoms with E-state index < -0.39 is 0 Å². The van der Waals surface area contributed by atoms with Crippen LogP contribution in [0.1, 0.15) is 27.9 Å². The lowest BCUT2D eigenvalue weighted by Crippen LogP contribution is -2.39. The number of nitrogens with zero attached hydrogens (tertiary/aromatic N) is 3. The number of anilines is 1. The van der Waals surface area contributed by atoms with Gasteiger partial charge in [-0.2, -0.15) is 0 Å². The molecule has 3 heterocycles. The van der Waals surface area contributed by atoms with Gasteiger partial charge in [0.2, 0.25) is 0 Å². The highest BCUT2D eigenvalue weighted by molar-refractivity contribution is 7.15. The normalized spacial score (nSPS) is 14.0. The van der Waals surface area contributed by atoms with Gasteiger partial charge in [-0.15, -0.1) is 11.3 Å². The molecule has 1 amide bonds. The van der Waals surface area contributed by atoms with E-state index in [0.29, 0.717) is 11.5 Å². The molecule has 0 bridgehead atoms. The lowest BCUT2D eigenvalue weighted by molar-refractivity contribution is 0.0983. The number of hydrogen-bond donors (Lipinski definition) is 0. The van der Waals surface area contributed by atoms with Crippen molar-refractivity contribution in [2.24, 2.45) is 0 Å². The summed E-state index contributed by atoms with van der Waals surface area (Å²) in [6, 6.07) is 6.08. The topological polar surface area (TPSA) is 54.7 Å². The molecule has 116 valence electrons. The lowest BCUT2D eigenvalue weighted by atomic mass is 9.99. The van der Waals surface area contributed by atoms with Crippen LogP contribution in [-0.4, -0.2) is 21.8 Å². The van der Waals surface area contributed by atoms with Crippen molar-refractivity contribution in [2.75, 3.05) is 11.4 Å². The Balaban J connectivity index is 1.80. The van der Waals surface area contributed by atoms with Gasteiger partial charge < -0.3 is 4.90 Å². The minimum atomic E-state index is -0.305. The molecule has 1 aliphatic rings. The Morgan fingerprint density at radius 3 is 3.09 bits per heavy atom. The summed E-state index contributed by atoms with van der Waals surface area (Å²) in [6.45, 7) is 2.67. The number of fused-ring (bicyclic) bond motifs is 2. The summed E-state index contributed by atoms with van der Waals surface area (Å²) in [5.41, 5.74) is 3.06. The number of aryl methyl sites for hydroxylation is 2. The van der Waals surface area contributed by atoms with Gasteiger partial charge in [0.25, 0.3) is 11.5 Å². The van der Waals surface area contributed by atoms with Gasteiger partial charge >= 0.3 is 0 Å². The van der Waals surface area contributed by atoms with E-state index in [-0.39, 0.29) is 17.0 Å². The molecule has 0 fully saturated rings. The van der Waals surface area contributed by atoms with Crippen molar-refractivity contribution in [2.45, 2.75) is 19.8 Å². The van der Waals surface area contributed by atoms with Crippen molar-refractivity contribution in [3.63, 3.8) is 0 Å². The summed E-state index contributed by atoms with van der Waals surface area (Å²) in [5, 5.41) is 1.79. The van der Waals surface area contributed by atoms with E-state index in [0.717, 1.165) is 24.1 Å². The summed E-state index contributed by atoms with van der Waals surface area (Å²) in [6.07, 6.45) is 4.91. The van der Waals surface area contributed by atoms with Crippen LogP contribution in [0.4, 0.5) is 5.69 Å². The van der Waals surface area contributed by atoms with Gasteiger partial charge in [-0.25, -0.2) is 4.98 Å². The molecule has 0 saturated carbocycles. The molecule has 0 N–H and O–H groups in total. The van der Waals surface area contributed by atoms with Crippen LogP contribution in [0.5, 0.6) is 0 Å². The minimum absolute atomic E-state index is 0.120. The second kappa shape index (κ2) is 5.31. The van der Waals surface area contributed by atoms with Crippen LogP contribution in [0.3, 0.4) is 0 Å². The summed E-state index contributed by atoms with van der Waals surface area (Å²) < 4.78 is 1.43. The van der Waals surface area contributed by atoms with Gasteiger partial charge in [0.1, 0.15) is 5.56 Å². The van der Waals surface area contributed by atoms with Gasteiger partial charge in [-0.1, -0.05) is 17.7 Å². The lowest BCUT2D eigenvalue weighted by Gasteiger charge is -2.29. The number of carbonyl (C=O) groups is 1. The van der Waals surface area contributed by atoms with E-state index >= 15 is 0 Å². The molecule has 6 heteroatoms. The highest BCUT2D eigenvalue weighted by Crippen LogP contribution is 2.28. The third-order valence-electron chi connectivity index (χ3n) is 4.17. The van der Waals surface area contributed by atoms with Crippen LogP contribution in [-0.2, 0) is 6.42 Å². The van der Waals surface area contributed by atoms with Crippen molar-refractivity contribution in [3.8, 4) is 0 Å². The second-order valence-corrected chi connectivity index (χ2v) is 6.60. The smallest absolute Gasteiger partial charge is 0.271 e. The third-order valence-corrected chi connectivity index (χ3v) is 4.94. The predicted octanol–water partition coefficient (Wildman–Crippen LogP) is 2.66. The molecule has 1 aliphatic heterocycles. The van der Waals surface area contributed by atoms with Gasteiger partial charge in [0.15, 0.2) is 4.96 Å². The van der Waals surface area contributed by atoms with Gasteiger partial charge in [0, 0.05) is 30.0 Å². The number of rotatable bonds is 1. The molecule has 23 heavy (non-hydrogen) atoms. The Morgan fingerprint density at radius 2 is 2.22 bits per heavy atom. The Bertz CT molecular complexity index is 973. The summed E-state index contributed by atoms with van der Waals surface area (Å²) >= 11 is 1.37. The maximum atomic E-state index is 12.9. The molecule has 1 aromatic carbocycles. The van der Waals surface area contributed by atoms with E-state index in [1.165, 1.54) is 27.5 Å². The van der Waals surface area contributed by atoms with E-state index in [2.05, 4.69) is 11.1 Å². The maximum Gasteiger partial charge on any atom is 0.271 e. The van der Waals surface area contributed by atoms with E-state index in [1.807, 2.05) is 19.1 Å². The fraction of sp³-hybridized carbons (Fsp3) is 0.235. The second-order valence-electron chi connectivity index (χ2n) is 5.73. The van der Waals surface area contributed by atoms with E-state index in [1.54, 1.807) is 16.5 Å². The summed E-state index contributed by atoms with van der Waals surface area (Å²) in [5.74, 6) is -0.270. The quantitative estimate of drug-likeness (QED) is 0.691. The van der Waals surface area contributed by atoms with Crippen molar-refractivity contribution < 1.29 is 4.79 Å². The number of thiazole rings is 1. The fourth-order valence-electron chi connectivity index (χ4n) is 3.05. The van der Waals surface area contributed by atoms with Crippen LogP contribution in [0, 0.1) is 6.92 Å². The fourth-order valence-corrected chi connectivity index (χ4v) is 3.73. The Hall–Kier alpha value is -2.47. The van der Waals surface area contributed by atoms with Crippen molar-refractivity contribution in [1.82, 2.24) is 9.38 Å². The molecule has 3 aromatic rings. The average Bonchev–Trinajstić information content (AvgIpc) is 3.03. The SMILES string of the molecule is Cc1ccc2c(c1)CCCN2C(=O)c1cnc2sccn2c1=O. The number of aromatic nitrogens is 2. The molecular formula is C17H15N3O2S. The number of carbonyl (C=O) groups excluding carboxylic acids is 1. The first-order valence-electron chi connectivity index (χ1n) is 7.51. The highest BCUT2D eigenvalue weighted by atomic mass is 32.1. The molecule has 0 unspecified atom stereocenters. The van der Waals surface area contributed by atoms with Crippen LogP contribution in [0.2, 0.25) is 0 Å². The minimum Gasteiger partial charge on any atom is -0.308 e. The molecule has 0 spiro atoms. The highest BCUT2D eigenvalue weighted by Gasteiger charge is 2.26. The van der Waals surface area contributed by atoms with Crippen LogP contribution < -0.4 is 10.5 Å². The maximum absolute atomic E-state index is 12.9. The Kier molecular flexibility index (Phi) is 3.27. The zero-order valence-corrected chi connectivity index (χ0v) is 13.5. The van der Waals surface area contributed by atoms with Crippen molar-refractivity contribution >= 4 is 27.9 Å². The van der Waals surface area contributed by atoms with E-state index in [9.17, 15) is 9.59 Å². The zero-order chi connectivity index (χ0) is 16.0. The number of amides is 1. The molecule has 0 aliphatic carbocycles. The molecular weight excluding hydrogens is 310 g/mol. The number of hydrogen-bond acceptors (Lipinski definition) is 4. The average molecular weight is 325 g/mol. The van der Waals surface area contributed by atoms with Gasteiger partial charge in [-0.05, 0) is 31.4 Å². The molecule has 2 aromatic heterocycles. The zero-order valence-electron chi connectivity index (χ0n) is 12.7.